The van der Waals surface area contributed by atoms with E-state index in [4.69, 9.17) is 0 Å². The topological polar surface area (TPSA) is 0 Å². The van der Waals surface area contributed by atoms with Crippen LogP contribution in [-0.2, 0) is 0 Å². The van der Waals surface area contributed by atoms with Crippen molar-refractivity contribution in [3.05, 3.63) is 13.8 Å². The maximum absolute atomic E-state index is 3.77. The molecule has 0 saturated carbocycles. The van der Waals surface area contributed by atoms with Gasteiger partial charge in [0.25, 0.3) is 0 Å². The molecular weight excluding hydrogens is 84.1 g/mol. The molecule has 0 aromatic rings. The molecule has 42 valence electrons. The maximum atomic E-state index is 3.77. The molecule has 0 N–H and O–H groups in total. The van der Waals surface area contributed by atoms with E-state index in [1.165, 1.54) is 0 Å². The summed E-state index contributed by atoms with van der Waals surface area (Å²) >= 11 is 0. The summed E-state index contributed by atoms with van der Waals surface area (Å²) in [5, 5.41) is 0. The average molecular weight is 98.2 g/mol. The van der Waals surface area contributed by atoms with Gasteiger partial charge in [0.2, 0.25) is 0 Å². The number of hydrogen-bond donors (Lipinski definition) is 0. The molecule has 2 radical (unpaired) electrons. The molecule has 0 aliphatic heterocycles. The summed E-state index contributed by atoms with van der Waals surface area (Å²) in [5.74, 6) is 1.12. The molecule has 0 heterocycles. The van der Waals surface area contributed by atoms with E-state index in [-0.39, 0.29) is 0 Å². The number of hydrogen-bond acceptors (Lipinski definition) is 0. The third-order valence-corrected chi connectivity index (χ3v) is 0.805. The summed E-state index contributed by atoms with van der Waals surface area (Å²) in [5.41, 5.74) is 0. The van der Waals surface area contributed by atoms with Crippen molar-refractivity contribution in [2.45, 2.75) is 20.3 Å². The van der Waals surface area contributed by atoms with Crippen LogP contribution < -0.4 is 0 Å². The van der Waals surface area contributed by atoms with Gasteiger partial charge in [0.05, 0.1) is 0 Å². The van der Waals surface area contributed by atoms with Gasteiger partial charge in [-0.2, -0.15) is 0 Å². The van der Waals surface area contributed by atoms with E-state index in [1.54, 1.807) is 0 Å². The van der Waals surface area contributed by atoms with Crippen molar-refractivity contribution in [2.24, 2.45) is 11.8 Å². The maximum Gasteiger partial charge on any atom is -0.0412 e. The van der Waals surface area contributed by atoms with Crippen LogP contribution in [0.5, 0.6) is 0 Å². The van der Waals surface area contributed by atoms with Gasteiger partial charge in [0.15, 0.2) is 0 Å². The molecule has 0 fully saturated rings. The Morgan fingerprint density at radius 3 is 1.71 bits per heavy atom. The summed E-state index contributed by atoms with van der Waals surface area (Å²) in [4.78, 5) is 0. The van der Waals surface area contributed by atoms with Crippen LogP contribution in [0.4, 0.5) is 0 Å². The molecule has 0 spiro atoms. The molecule has 0 aromatic carbocycles. The zero-order valence-electron chi connectivity index (χ0n) is 5.28. The molecule has 0 aromatic heterocycles. The minimum Gasteiger partial charge on any atom is -0.0628 e. The predicted molar refractivity (Wildman–Crippen MR) is 33.7 cm³/mol. The predicted octanol–water partition coefficient (Wildman–Crippen LogP) is 2.32. The highest BCUT2D eigenvalue weighted by molar-refractivity contribution is 4.63. The third kappa shape index (κ3) is 6.00. The van der Waals surface area contributed by atoms with Crippen molar-refractivity contribution in [1.29, 1.82) is 0 Å². The fourth-order valence-electron chi connectivity index (χ4n) is 0.667. The lowest BCUT2D eigenvalue weighted by molar-refractivity contribution is 0.529. The molecule has 0 rings (SSSR count). The fraction of sp³-hybridized carbons (Fsp3) is 0.714. The van der Waals surface area contributed by atoms with Crippen LogP contribution >= 0.6 is 0 Å². The molecule has 0 saturated heterocycles. The van der Waals surface area contributed by atoms with Crippen molar-refractivity contribution in [3.63, 3.8) is 0 Å². The Morgan fingerprint density at radius 1 is 1.29 bits per heavy atom. The van der Waals surface area contributed by atoms with Crippen molar-refractivity contribution >= 4 is 0 Å². The lowest BCUT2D eigenvalue weighted by atomic mass is 10.0. The number of rotatable bonds is 2. The van der Waals surface area contributed by atoms with Crippen LogP contribution in [-0.4, -0.2) is 0 Å². The third-order valence-electron chi connectivity index (χ3n) is 0.805. The zero-order valence-corrected chi connectivity index (χ0v) is 5.28. The lowest BCUT2D eigenvalue weighted by Crippen LogP contribution is -1.94. The smallest absolute Gasteiger partial charge is 0.0412 e. The summed E-state index contributed by atoms with van der Waals surface area (Å²) in [6, 6.07) is 0. The van der Waals surface area contributed by atoms with Gasteiger partial charge in [-0.05, 0) is 18.3 Å². The molecule has 0 heteroatoms. The first-order chi connectivity index (χ1) is 3.13. The second-order valence-corrected chi connectivity index (χ2v) is 2.50. The molecule has 7 heavy (non-hydrogen) atoms. The standard InChI is InChI=1S/C7H14/c1-6(2)5-7(3)4/h6-7H,1-2,5H2,3-4H3. The minimum atomic E-state index is 0.375. The van der Waals surface area contributed by atoms with Crippen LogP contribution in [0, 0.1) is 25.7 Å². The van der Waals surface area contributed by atoms with Gasteiger partial charge in [0.1, 0.15) is 0 Å². The van der Waals surface area contributed by atoms with Gasteiger partial charge in [-0.25, -0.2) is 0 Å². The Kier molecular flexibility index (Phi) is 3.06. The second-order valence-electron chi connectivity index (χ2n) is 2.50. The fourth-order valence-corrected chi connectivity index (χ4v) is 0.667. The van der Waals surface area contributed by atoms with E-state index in [0.717, 1.165) is 12.3 Å². The highest BCUT2D eigenvalue weighted by Gasteiger charge is 1.96. The Hall–Kier alpha value is 0. The van der Waals surface area contributed by atoms with Crippen molar-refractivity contribution in [3.8, 4) is 0 Å². The van der Waals surface area contributed by atoms with Crippen LogP contribution in [0.3, 0.4) is 0 Å². The van der Waals surface area contributed by atoms with Crippen LogP contribution in [0.15, 0.2) is 0 Å². The monoisotopic (exact) mass is 98.1 g/mol. The van der Waals surface area contributed by atoms with Crippen LogP contribution in [0.25, 0.3) is 0 Å². The van der Waals surface area contributed by atoms with E-state index in [9.17, 15) is 0 Å². The minimum absolute atomic E-state index is 0.375. The van der Waals surface area contributed by atoms with Crippen molar-refractivity contribution in [1.82, 2.24) is 0 Å². The Labute approximate surface area is 46.9 Å². The quantitative estimate of drug-likeness (QED) is 0.497. The van der Waals surface area contributed by atoms with E-state index >= 15 is 0 Å². The summed E-state index contributed by atoms with van der Waals surface area (Å²) in [6.45, 7) is 11.9. The Morgan fingerprint density at radius 2 is 1.71 bits per heavy atom. The van der Waals surface area contributed by atoms with E-state index in [2.05, 4.69) is 27.7 Å². The van der Waals surface area contributed by atoms with Crippen molar-refractivity contribution in [2.75, 3.05) is 0 Å². The normalized spacial score (nSPS) is 11.1. The SMILES string of the molecule is [CH2]C([CH2])CC(C)C. The molecule has 0 aliphatic carbocycles. The van der Waals surface area contributed by atoms with Gasteiger partial charge < -0.3 is 0 Å². The molecule has 0 atom stereocenters. The summed E-state index contributed by atoms with van der Waals surface area (Å²) in [6.07, 6.45) is 1.14. The second kappa shape index (κ2) is 3.06. The Bertz CT molecular complexity index is 29.3. The van der Waals surface area contributed by atoms with E-state index < -0.39 is 0 Å². The highest BCUT2D eigenvalue weighted by atomic mass is 14.0. The van der Waals surface area contributed by atoms with Crippen LogP contribution in [0.1, 0.15) is 20.3 Å². The molecule has 0 bridgehead atoms. The summed E-state index contributed by atoms with van der Waals surface area (Å²) in [7, 11) is 0. The van der Waals surface area contributed by atoms with Crippen LogP contribution in [0.2, 0.25) is 0 Å². The highest BCUT2D eigenvalue weighted by Crippen LogP contribution is 2.07. The van der Waals surface area contributed by atoms with Gasteiger partial charge >= 0.3 is 0 Å². The van der Waals surface area contributed by atoms with Crippen molar-refractivity contribution < 1.29 is 0 Å². The first-order valence-electron chi connectivity index (χ1n) is 2.79. The zero-order chi connectivity index (χ0) is 5.86. The van der Waals surface area contributed by atoms with Gasteiger partial charge in [-0.1, -0.05) is 27.7 Å². The van der Waals surface area contributed by atoms with Gasteiger partial charge in [-0.15, -0.1) is 0 Å². The molecule has 0 aliphatic rings. The van der Waals surface area contributed by atoms with Gasteiger partial charge in [0, 0.05) is 0 Å². The Balaban J connectivity index is 2.95. The average Bonchev–Trinajstić information content (AvgIpc) is 1.27. The molecular formula is C7H14. The van der Waals surface area contributed by atoms with Gasteiger partial charge in [-0.3, -0.25) is 0 Å². The van der Waals surface area contributed by atoms with E-state index in [0.29, 0.717) is 5.92 Å². The molecule has 0 amide bonds. The van der Waals surface area contributed by atoms with E-state index in [1.807, 2.05) is 0 Å². The first kappa shape index (κ1) is 7.00. The first-order valence-corrected chi connectivity index (χ1v) is 2.79. The molecule has 0 nitrogen and oxygen atoms in total. The largest absolute Gasteiger partial charge is 0.0628 e. The lowest BCUT2D eigenvalue weighted by Gasteiger charge is -2.05. The molecule has 0 unspecified atom stereocenters. The summed E-state index contributed by atoms with van der Waals surface area (Å²) < 4.78 is 0.